The first-order valence-electron chi connectivity index (χ1n) is 12.8. The maximum absolute atomic E-state index is 12.2. The summed E-state index contributed by atoms with van der Waals surface area (Å²) in [7, 11) is -1.37. The van der Waals surface area contributed by atoms with Crippen molar-refractivity contribution in [1.82, 2.24) is 0 Å². The van der Waals surface area contributed by atoms with Crippen LogP contribution < -0.4 is 9.47 Å². The summed E-state index contributed by atoms with van der Waals surface area (Å²) >= 11 is 0. The van der Waals surface area contributed by atoms with Crippen molar-refractivity contribution in [2.75, 3.05) is 14.2 Å². The van der Waals surface area contributed by atoms with Crippen molar-refractivity contribution in [2.45, 2.75) is 77.7 Å². The molecule has 2 aromatic rings. The van der Waals surface area contributed by atoms with Crippen molar-refractivity contribution in [1.29, 1.82) is 0 Å². The van der Waals surface area contributed by atoms with E-state index in [1.807, 2.05) is 48.5 Å². The van der Waals surface area contributed by atoms with Gasteiger partial charge in [-0.3, -0.25) is 13.9 Å². The molecule has 0 amide bonds. The molecule has 1 atom stereocenters. The molecule has 0 aliphatic heterocycles. The Morgan fingerprint density at radius 1 is 0.763 bits per heavy atom. The molecule has 2 fully saturated rings. The average Bonchev–Trinajstić information content (AvgIpc) is 2.93. The summed E-state index contributed by atoms with van der Waals surface area (Å²) in [6, 6.07) is 15.2. The predicted octanol–water partition coefficient (Wildman–Crippen LogP) is 6.75. The zero-order valence-corrected chi connectivity index (χ0v) is 22.5. The van der Waals surface area contributed by atoms with Crippen molar-refractivity contribution < 1.29 is 36.9 Å². The van der Waals surface area contributed by atoms with Gasteiger partial charge in [0.2, 0.25) is 0 Å². The van der Waals surface area contributed by atoms with Gasteiger partial charge in [-0.05, 0) is 73.6 Å². The van der Waals surface area contributed by atoms with E-state index in [0.717, 1.165) is 48.3 Å². The Labute approximate surface area is 228 Å². The molecule has 0 saturated heterocycles. The highest BCUT2D eigenvalue weighted by molar-refractivity contribution is 7.79. The van der Waals surface area contributed by atoms with Crippen molar-refractivity contribution in [3.05, 3.63) is 59.7 Å². The molecular formula is C29H44O8S. The monoisotopic (exact) mass is 552 g/mol. The number of aliphatic hydroxyl groups excluding tert-OH is 1. The lowest BCUT2D eigenvalue weighted by Gasteiger charge is -2.26. The number of hydrogen-bond donors (Lipinski definition) is 3. The molecule has 2 aromatic carbocycles. The number of Topliss-reactive ketones (excluding diaryl/α,β-unsaturated/α-hetero) is 1. The van der Waals surface area contributed by atoms with Crippen LogP contribution in [0.5, 0.6) is 11.5 Å². The lowest BCUT2D eigenvalue weighted by molar-refractivity contribution is 0.0848. The van der Waals surface area contributed by atoms with E-state index in [-0.39, 0.29) is 19.4 Å². The summed E-state index contributed by atoms with van der Waals surface area (Å²) in [6.07, 6.45) is 11.7. The summed E-state index contributed by atoms with van der Waals surface area (Å²) in [5, 5.41) is 10.3. The summed E-state index contributed by atoms with van der Waals surface area (Å²) in [4.78, 5) is 12.2. The molecule has 0 heterocycles. The number of aliphatic hydroxyl groups is 1. The minimum absolute atomic E-state index is 0. The maximum atomic E-state index is 12.2. The molecular weight excluding hydrogens is 508 g/mol. The molecule has 0 bridgehead atoms. The molecule has 2 saturated carbocycles. The Kier molecular flexibility index (Phi) is 15.2. The number of methoxy groups -OCH3 is 2. The lowest BCUT2D eigenvalue weighted by atomic mass is 9.83. The van der Waals surface area contributed by atoms with Gasteiger partial charge in [-0.25, -0.2) is 0 Å². The van der Waals surface area contributed by atoms with Crippen LogP contribution >= 0.6 is 0 Å². The molecule has 0 spiro atoms. The molecule has 0 aromatic heterocycles. The second-order valence-electron chi connectivity index (χ2n) is 9.49. The second kappa shape index (κ2) is 17.2. The van der Waals surface area contributed by atoms with Gasteiger partial charge in [-0.15, -0.1) is 0 Å². The van der Waals surface area contributed by atoms with Crippen LogP contribution in [0.15, 0.2) is 48.5 Å². The Morgan fingerprint density at radius 3 is 1.58 bits per heavy atom. The van der Waals surface area contributed by atoms with Gasteiger partial charge in [-0.2, -0.15) is 8.42 Å². The van der Waals surface area contributed by atoms with E-state index in [9.17, 15) is 9.90 Å². The molecule has 0 radical (unpaired) electrons. The Bertz CT molecular complexity index is 1020. The van der Waals surface area contributed by atoms with Crippen LogP contribution in [-0.2, 0) is 10.4 Å². The number of benzene rings is 2. The molecule has 38 heavy (non-hydrogen) atoms. The largest absolute Gasteiger partial charge is 0.497 e. The minimum Gasteiger partial charge on any atom is -0.497 e. The summed E-state index contributed by atoms with van der Waals surface area (Å²) in [6.45, 7) is 0. The molecule has 4 rings (SSSR count). The van der Waals surface area contributed by atoms with E-state index in [1.54, 1.807) is 14.2 Å². The van der Waals surface area contributed by atoms with Crippen molar-refractivity contribution in [2.24, 2.45) is 11.8 Å². The van der Waals surface area contributed by atoms with Crippen LogP contribution in [0.4, 0.5) is 0 Å². The van der Waals surface area contributed by atoms with Gasteiger partial charge in [-0.1, -0.05) is 58.1 Å². The third kappa shape index (κ3) is 12.4. The molecule has 2 aliphatic rings. The van der Waals surface area contributed by atoms with Crippen molar-refractivity contribution in [3.8, 4) is 11.5 Å². The van der Waals surface area contributed by atoms with Crippen molar-refractivity contribution in [3.63, 3.8) is 0 Å². The fourth-order valence-electron chi connectivity index (χ4n) is 4.88. The van der Waals surface area contributed by atoms with E-state index in [0.29, 0.717) is 11.7 Å². The molecule has 8 nitrogen and oxygen atoms in total. The third-order valence-electron chi connectivity index (χ3n) is 6.90. The Hall–Kier alpha value is -2.46. The number of carbonyl (C=O) groups excluding carboxylic acids is 1. The normalized spacial score (nSPS) is 16.9. The van der Waals surface area contributed by atoms with Gasteiger partial charge in [0, 0.05) is 11.5 Å². The highest BCUT2D eigenvalue weighted by Gasteiger charge is 2.23. The quantitative estimate of drug-likeness (QED) is 0.265. The van der Waals surface area contributed by atoms with E-state index >= 15 is 0 Å². The van der Waals surface area contributed by atoms with Gasteiger partial charge in [0.05, 0.1) is 20.3 Å². The summed E-state index contributed by atoms with van der Waals surface area (Å²) in [5.74, 6) is 2.66. The first-order chi connectivity index (χ1) is 17.6. The first-order valence-corrected chi connectivity index (χ1v) is 14.2. The molecule has 2 aliphatic carbocycles. The standard InChI is InChI=1S/C14H20O2.C14H18O2.CH4.H2O4S/c2*1-16-13-9-7-12(8-10-13)14(15)11-5-3-2-4-6-11;;1-5(2,3)4/h7-11,14-15H,2-6H2,1H3;7-11H,2-6H2,1H3;1H4;(H2,1,2,3,4). The van der Waals surface area contributed by atoms with Crippen LogP contribution in [0, 0.1) is 11.8 Å². The minimum atomic E-state index is -4.67. The number of hydrogen-bond acceptors (Lipinski definition) is 6. The molecule has 214 valence electrons. The van der Waals surface area contributed by atoms with E-state index in [1.165, 1.54) is 38.5 Å². The van der Waals surface area contributed by atoms with E-state index in [4.69, 9.17) is 27.0 Å². The Balaban J connectivity index is 0.000000317. The fourth-order valence-corrected chi connectivity index (χ4v) is 4.88. The number of ketones is 1. The third-order valence-corrected chi connectivity index (χ3v) is 6.90. The summed E-state index contributed by atoms with van der Waals surface area (Å²) in [5.41, 5.74) is 1.85. The number of ether oxygens (including phenoxy) is 2. The van der Waals surface area contributed by atoms with Gasteiger partial charge >= 0.3 is 10.4 Å². The van der Waals surface area contributed by atoms with Gasteiger partial charge in [0.25, 0.3) is 0 Å². The second-order valence-corrected chi connectivity index (χ2v) is 10.4. The van der Waals surface area contributed by atoms with Crippen LogP contribution in [0.25, 0.3) is 0 Å². The zero-order chi connectivity index (χ0) is 27.3. The zero-order valence-electron chi connectivity index (χ0n) is 21.7. The smallest absolute Gasteiger partial charge is 0.394 e. The predicted molar refractivity (Wildman–Crippen MR) is 149 cm³/mol. The topological polar surface area (TPSA) is 130 Å². The number of carbonyl (C=O) groups is 1. The van der Waals surface area contributed by atoms with Crippen LogP contribution in [0.3, 0.4) is 0 Å². The lowest BCUT2D eigenvalue weighted by Crippen LogP contribution is -2.17. The van der Waals surface area contributed by atoms with Gasteiger partial charge in [0.1, 0.15) is 11.5 Å². The van der Waals surface area contributed by atoms with E-state index < -0.39 is 10.4 Å². The molecule has 3 N–H and O–H groups in total. The van der Waals surface area contributed by atoms with Crippen LogP contribution in [0.1, 0.15) is 93.7 Å². The fraction of sp³-hybridized carbons (Fsp3) is 0.552. The van der Waals surface area contributed by atoms with Crippen molar-refractivity contribution >= 4 is 16.2 Å². The first kappa shape index (κ1) is 33.6. The van der Waals surface area contributed by atoms with E-state index in [2.05, 4.69) is 0 Å². The highest BCUT2D eigenvalue weighted by Crippen LogP contribution is 2.34. The average molecular weight is 553 g/mol. The maximum Gasteiger partial charge on any atom is 0.394 e. The van der Waals surface area contributed by atoms with Gasteiger partial charge in [0.15, 0.2) is 5.78 Å². The van der Waals surface area contributed by atoms with Gasteiger partial charge < -0.3 is 14.6 Å². The molecule has 9 heteroatoms. The highest BCUT2D eigenvalue weighted by atomic mass is 32.3. The number of rotatable bonds is 6. The molecule has 1 unspecified atom stereocenters. The Morgan fingerprint density at radius 2 is 1.16 bits per heavy atom. The SMILES string of the molecule is C.COc1ccc(C(=O)C2CCCCC2)cc1.COc1ccc(C(O)C2CCCCC2)cc1.O=S(=O)(O)O. The summed E-state index contributed by atoms with van der Waals surface area (Å²) < 4.78 is 41.8. The van der Waals surface area contributed by atoms with Crippen LogP contribution in [-0.4, -0.2) is 42.6 Å². The van der Waals surface area contributed by atoms with Crippen LogP contribution in [0.2, 0.25) is 0 Å².